The Hall–Kier alpha value is -2.09. The zero-order valence-corrected chi connectivity index (χ0v) is 11.7. The highest BCUT2D eigenvalue weighted by atomic mass is 35.5. The van der Waals surface area contributed by atoms with Crippen molar-refractivity contribution < 1.29 is 4.79 Å². The van der Waals surface area contributed by atoms with E-state index in [1.54, 1.807) is 24.3 Å². The minimum absolute atomic E-state index is 0.00431. The molecule has 0 spiro atoms. The molecule has 0 fully saturated rings. The van der Waals surface area contributed by atoms with Gasteiger partial charge in [0.1, 0.15) is 16.9 Å². The van der Waals surface area contributed by atoms with Gasteiger partial charge in [0, 0.05) is 0 Å². The summed E-state index contributed by atoms with van der Waals surface area (Å²) in [5.74, 6) is -0.548. The zero-order chi connectivity index (χ0) is 14.5. The molecule has 1 unspecified atom stereocenters. The molecule has 0 radical (unpaired) electrons. The molecule has 0 saturated heterocycles. The molecule has 100 valence electrons. The largest absolute Gasteiger partial charge is 0.331 e. The van der Waals surface area contributed by atoms with Crippen molar-refractivity contribution in [3.05, 3.63) is 63.9 Å². The molecule has 1 amide bonds. The fourth-order valence-corrected chi connectivity index (χ4v) is 1.95. The summed E-state index contributed by atoms with van der Waals surface area (Å²) in [6, 6.07) is 13.1. The fourth-order valence-electron chi connectivity index (χ4n) is 1.61. The van der Waals surface area contributed by atoms with E-state index in [0.717, 1.165) is 0 Å². The number of benzene rings is 1. The maximum absolute atomic E-state index is 12.1. The van der Waals surface area contributed by atoms with Gasteiger partial charge in [-0.25, -0.2) is 4.98 Å². The Balaban J connectivity index is 2.22. The molecule has 2 rings (SSSR count). The normalized spacial score (nSPS) is 11.4. The molecule has 6 heteroatoms. The lowest BCUT2D eigenvalue weighted by Crippen LogP contribution is -2.28. The second-order valence-electron chi connectivity index (χ2n) is 3.91. The number of amides is 1. The summed E-state index contributed by atoms with van der Waals surface area (Å²) in [5, 5.41) is 12.1. The number of aromatic nitrogens is 1. The third kappa shape index (κ3) is 3.27. The molecule has 1 N–H and O–H groups in total. The molecule has 0 aliphatic heterocycles. The van der Waals surface area contributed by atoms with Crippen molar-refractivity contribution in [2.45, 2.75) is 6.04 Å². The van der Waals surface area contributed by atoms with Gasteiger partial charge in [-0.2, -0.15) is 5.26 Å². The van der Waals surface area contributed by atoms with E-state index < -0.39 is 11.9 Å². The molecule has 2 aromatic rings. The van der Waals surface area contributed by atoms with Gasteiger partial charge >= 0.3 is 0 Å². The quantitative estimate of drug-likeness (QED) is 0.884. The number of carbonyl (C=O) groups excluding carboxylic acids is 1. The van der Waals surface area contributed by atoms with E-state index in [1.807, 2.05) is 12.1 Å². The number of pyridine rings is 1. The average Bonchev–Trinajstić information content (AvgIpc) is 2.48. The molecule has 0 aliphatic rings. The predicted octanol–water partition coefficient (Wildman–Crippen LogP) is 3.38. The van der Waals surface area contributed by atoms with Crippen LogP contribution in [0.4, 0.5) is 0 Å². The number of hydrogen-bond donors (Lipinski definition) is 1. The Morgan fingerprint density at radius 1 is 1.20 bits per heavy atom. The molecule has 4 nitrogen and oxygen atoms in total. The predicted molar refractivity (Wildman–Crippen MR) is 76.5 cm³/mol. The van der Waals surface area contributed by atoms with Crippen molar-refractivity contribution in [3.63, 3.8) is 0 Å². The van der Waals surface area contributed by atoms with Crippen molar-refractivity contribution in [1.29, 1.82) is 5.26 Å². The van der Waals surface area contributed by atoms with Crippen LogP contribution in [-0.4, -0.2) is 10.9 Å². The van der Waals surface area contributed by atoms with Gasteiger partial charge in [-0.15, -0.1) is 0 Å². The molecule has 0 bridgehead atoms. The standard InChI is InChI=1S/C14H9Cl2N3O/c15-10-6-7-12(16)19-13(10)14(20)18-11(8-17)9-4-2-1-3-5-9/h1-7,11H,(H,18,20). The Morgan fingerprint density at radius 2 is 1.90 bits per heavy atom. The Morgan fingerprint density at radius 3 is 2.55 bits per heavy atom. The zero-order valence-electron chi connectivity index (χ0n) is 10.2. The van der Waals surface area contributed by atoms with E-state index in [9.17, 15) is 4.79 Å². The third-order valence-electron chi connectivity index (χ3n) is 2.56. The molecular weight excluding hydrogens is 297 g/mol. The fraction of sp³-hybridized carbons (Fsp3) is 0.0714. The summed E-state index contributed by atoms with van der Waals surface area (Å²) in [5.41, 5.74) is 0.678. The number of nitrogens with zero attached hydrogens (tertiary/aromatic N) is 2. The van der Waals surface area contributed by atoms with Gasteiger partial charge in [-0.1, -0.05) is 53.5 Å². The van der Waals surface area contributed by atoms with Crippen molar-refractivity contribution in [2.24, 2.45) is 0 Å². The first kappa shape index (κ1) is 14.3. The molecule has 1 aromatic carbocycles. The second kappa shape index (κ2) is 6.38. The lowest BCUT2D eigenvalue weighted by atomic mass is 10.1. The summed E-state index contributed by atoms with van der Waals surface area (Å²) in [7, 11) is 0. The molecule has 20 heavy (non-hydrogen) atoms. The first-order chi connectivity index (χ1) is 9.61. The van der Waals surface area contributed by atoms with E-state index in [1.165, 1.54) is 12.1 Å². The number of nitriles is 1. The number of halogens is 2. The van der Waals surface area contributed by atoms with Gasteiger partial charge in [0.25, 0.3) is 5.91 Å². The summed E-state index contributed by atoms with van der Waals surface area (Å²) >= 11 is 11.6. The first-order valence-electron chi connectivity index (χ1n) is 5.69. The maximum atomic E-state index is 12.1. The Bertz CT molecular complexity index is 668. The van der Waals surface area contributed by atoms with Gasteiger partial charge in [-0.05, 0) is 17.7 Å². The number of hydrogen-bond acceptors (Lipinski definition) is 3. The van der Waals surface area contributed by atoms with Crippen LogP contribution in [0.2, 0.25) is 10.2 Å². The SMILES string of the molecule is N#CC(NC(=O)c1nc(Cl)ccc1Cl)c1ccccc1. The van der Waals surface area contributed by atoms with Crippen LogP contribution in [-0.2, 0) is 0 Å². The van der Waals surface area contributed by atoms with Crippen LogP contribution in [0, 0.1) is 11.3 Å². The molecule has 1 atom stereocenters. The van der Waals surface area contributed by atoms with Gasteiger partial charge in [0.2, 0.25) is 0 Å². The van der Waals surface area contributed by atoms with Crippen molar-refractivity contribution in [2.75, 3.05) is 0 Å². The smallest absolute Gasteiger partial charge is 0.272 e. The van der Waals surface area contributed by atoms with E-state index in [0.29, 0.717) is 5.56 Å². The average molecular weight is 306 g/mol. The highest BCUT2D eigenvalue weighted by molar-refractivity contribution is 6.34. The van der Waals surface area contributed by atoms with Crippen molar-refractivity contribution in [1.82, 2.24) is 10.3 Å². The number of rotatable bonds is 3. The molecule has 1 aromatic heterocycles. The van der Waals surface area contributed by atoms with Gasteiger partial charge in [0.15, 0.2) is 0 Å². The van der Waals surface area contributed by atoms with E-state index in [2.05, 4.69) is 10.3 Å². The minimum atomic E-state index is -0.777. The van der Waals surface area contributed by atoms with Crippen LogP contribution >= 0.6 is 23.2 Å². The van der Waals surface area contributed by atoms with Gasteiger partial charge in [-0.3, -0.25) is 4.79 Å². The summed E-state index contributed by atoms with van der Waals surface area (Å²) < 4.78 is 0. The number of nitrogens with one attached hydrogen (secondary N) is 1. The van der Waals surface area contributed by atoms with Crippen LogP contribution < -0.4 is 5.32 Å². The molecule has 1 heterocycles. The van der Waals surface area contributed by atoms with Crippen LogP contribution in [0.15, 0.2) is 42.5 Å². The van der Waals surface area contributed by atoms with E-state index in [4.69, 9.17) is 28.5 Å². The van der Waals surface area contributed by atoms with Crippen LogP contribution in [0.3, 0.4) is 0 Å². The van der Waals surface area contributed by atoms with E-state index >= 15 is 0 Å². The second-order valence-corrected chi connectivity index (χ2v) is 4.71. The van der Waals surface area contributed by atoms with Gasteiger partial charge < -0.3 is 5.32 Å². The van der Waals surface area contributed by atoms with Crippen molar-refractivity contribution >= 4 is 29.1 Å². The van der Waals surface area contributed by atoms with Crippen molar-refractivity contribution in [3.8, 4) is 6.07 Å². The van der Waals surface area contributed by atoms with Crippen LogP contribution in [0.5, 0.6) is 0 Å². The monoisotopic (exact) mass is 305 g/mol. The molecule has 0 aliphatic carbocycles. The van der Waals surface area contributed by atoms with Gasteiger partial charge in [0.05, 0.1) is 11.1 Å². The third-order valence-corrected chi connectivity index (χ3v) is 3.08. The van der Waals surface area contributed by atoms with E-state index in [-0.39, 0.29) is 15.9 Å². The Labute approximate surface area is 126 Å². The molecular formula is C14H9Cl2N3O. The Kier molecular flexibility index (Phi) is 4.57. The maximum Gasteiger partial charge on any atom is 0.272 e. The molecule has 0 saturated carbocycles. The van der Waals surface area contributed by atoms with Crippen LogP contribution in [0.1, 0.15) is 22.1 Å². The summed E-state index contributed by atoms with van der Waals surface area (Å²) in [6.45, 7) is 0. The lowest BCUT2D eigenvalue weighted by molar-refractivity contribution is 0.0940. The first-order valence-corrected chi connectivity index (χ1v) is 6.45. The summed E-state index contributed by atoms with van der Waals surface area (Å²) in [6.07, 6.45) is 0. The lowest BCUT2D eigenvalue weighted by Gasteiger charge is -2.12. The topological polar surface area (TPSA) is 65.8 Å². The minimum Gasteiger partial charge on any atom is -0.331 e. The highest BCUT2D eigenvalue weighted by Gasteiger charge is 2.18. The van der Waals surface area contributed by atoms with Crippen LogP contribution in [0.25, 0.3) is 0 Å². The highest BCUT2D eigenvalue weighted by Crippen LogP contribution is 2.18. The number of carbonyl (C=O) groups is 1. The summed E-state index contributed by atoms with van der Waals surface area (Å²) in [4.78, 5) is 16.0.